The molecule has 4 amide bonds. The largest absolute Gasteiger partial charge is 0.465 e. The van der Waals surface area contributed by atoms with Gasteiger partial charge in [-0.1, -0.05) is 65.5 Å². The molecule has 0 aliphatic carbocycles. The molecule has 0 spiro atoms. The van der Waals surface area contributed by atoms with E-state index in [0.29, 0.717) is 24.7 Å². The molecule has 6 atom stereocenters. The number of hydrogen-bond acceptors (Lipinski definition) is 7. The Morgan fingerprint density at radius 2 is 1.43 bits per heavy atom. The van der Waals surface area contributed by atoms with Crippen LogP contribution < -0.4 is 5.32 Å². The number of hydrogen-bond donors (Lipinski definition) is 4. The second-order valence-electron chi connectivity index (χ2n) is 16.8. The van der Waals surface area contributed by atoms with E-state index in [2.05, 4.69) is 41.0 Å². The van der Waals surface area contributed by atoms with Crippen molar-refractivity contribution in [1.29, 1.82) is 0 Å². The Morgan fingerprint density at radius 1 is 0.828 bits per heavy atom. The molecule has 14 nitrogen and oxygen atoms in total. The van der Waals surface area contributed by atoms with Crippen molar-refractivity contribution in [2.45, 2.75) is 78.6 Å². The summed E-state index contributed by atoms with van der Waals surface area (Å²) in [5.41, 5.74) is 4.90. The molecule has 0 bridgehead atoms. The summed E-state index contributed by atoms with van der Waals surface area (Å²) in [4.78, 5) is 73.0. The summed E-state index contributed by atoms with van der Waals surface area (Å²) >= 11 is 0. The summed E-state index contributed by atoms with van der Waals surface area (Å²) < 4.78 is 4.79. The maximum Gasteiger partial charge on any atom is 0.407 e. The number of methoxy groups -OCH3 is 1. The highest BCUT2D eigenvalue weighted by Gasteiger charge is 2.42. The molecule has 5 aromatic rings. The maximum absolute atomic E-state index is 13.8. The summed E-state index contributed by atoms with van der Waals surface area (Å²) in [7, 11) is 2.74. The molecule has 2 unspecified atom stereocenters. The van der Waals surface area contributed by atoms with Crippen molar-refractivity contribution in [2.75, 3.05) is 27.2 Å². The molecule has 58 heavy (non-hydrogen) atoms. The first-order valence-corrected chi connectivity index (χ1v) is 20.0. The van der Waals surface area contributed by atoms with Gasteiger partial charge in [0.25, 0.3) is 0 Å². The van der Waals surface area contributed by atoms with Crippen molar-refractivity contribution >= 4 is 56.8 Å². The molecule has 4 N–H and O–H groups in total. The van der Waals surface area contributed by atoms with Gasteiger partial charge in [0.15, 0.2) is 0 Å². The van der Waals surface area contributed by atoms with Gasteiger partial charge in [0.1, 0.15) is 23.7 Å². The fourth-order valence-corrected chi connectivity index (χ4v) is 8.63. The van der Waals surface area contributed by atoms with Crippen molar-refractivity contribution < 1.29 is 29.0 Å². The van der Waals surface area contributed by atoms with E-state index in [1.165, 1.54) is 14.2 Å². The first-order valence-electron chi connectivity index (χ1n) is 20.0. The Balaban J connectivity index is 1.11. The number of nitrogens with zero attached hydrogens (tertiary/aromatic N) is 5. The van der Waals surface area contributed by atoms with Crippen LogP contribution in [0.2, 0.25) is 0 Å². The monoisotopic (exact) mass is 788 g/mol. The SMILES string of the molecule is COC(=O)N[C@H](C(=O)N1CC(C)CC1c1nc2ccc3cc(C#Cc4ccc5[nH]c([C@@H]6C[C@H](C)CN6C(=O)[C@H](C(C)C)N(C)C(=O)O)nc5c4)ccc3c2[nH]1)C(C)C. The topological polar surface area (TPSA) is 177 Å². The van der Waals surface area contributed by atoms with Crippen molar-refractivity contribution in [1.82, 2.24) is 40.0 Å². The summed E-state index contributed by atoms with van der Waals surface area (Å²) in [6.45, 7) is 12.8. The molecular formula is C44H52N8O6. The van der Waals surface area contributed by atoms with Crippen LogP contribution in [0, 0.1) is 35.5 Å². The molecule has 2 aromatic heterocycles. The number of amides is 4. The maximum atomic E-state index is 13.8. The van der Waals surface area contributed by atoms with Crippen LogP contribution in [0.1, 0.15) is 89.2 Å². The average Bonchev–Trinajstić information content (AvgIpc) is 3.99. The zero-order valence-electron chi connectivity index (χ0n) is 34.3. The number of likely N-dealkylation sites (tertiary alicyclic amines) is 2. The van der Waals surface area contributed by atoms with Crippen molar-refractivity contribution in [2.24, 2.45) is 23.7 Å². The van der Waals surface area contributed by atoms with Crippen LogP contribution in [-0.4, -0.2) is 103 Å². The van der Waals surface area contributed by atoms with Gasteiger partial charge in [-0.15, -0.1) is 0 Å². The molecule has 2 aliphatic heterocycles. The first kappa shape index (κ1) is 40.1. The Bertz CT molecular complexity index is 2460. The zero-order valence-corrected chi connectivity index (χ0v) is 34.3. The molecule has 7 rings (SSSR count). The number of alkyl carbamates (subject to hydrolysis) is 1. The number of aromatic amines is 2. The number of nitrogens with one attached hydrogen (secondary N) is 3. The van der Waals surface area contributed by atoms with E-state index in [9.17, 15) is 24.3 Å². The van der Waals surface area contributed by atoms with Crippen LogP contribution in [-0.2, 0) is 14.3 Å². The fraction of sp³-hybridized carbons (Fsp3) is 0.455. The Morgan fingerprint density at radius 3 is 2.05 bits per heavy atom. The standard InChI is InChI=1S/C44H52N8O6/c1-23(2)36(49-43(55)58-8)41(53)51-21-25(5)18-35(51)40-46-32-16-13-29-19-27(11-14-30(29)37(32)48-40)9-10-28-12-15-31-33(20-28)47-39(45-31)34-17-26(6)22-52(34)42(54)38(24(3)4)50(7)44(56)57/h11-16,19-20,23-26,34-36,38H,17-18,21-22H2,1-8H3,(H,45,47)(H,46,48)(H,49,55)(H,56,57)/t25?,26-,34-,35?,36-,38-/m0/s1. The van der Waals surface area contributed by atoms with Gasteiger partial charge in [-0.2, -0.15) is 0 Å². The van der Waals surface area contributed by atoms with Crippen molar-refractivity contribution in [3.8, 4) is 11.8 Å². The van der Waals surface area contributed by atoms with Crippen LogP contribution in [0.5, 0.6) is 0 Å². The first-order chi connectivity index (χ1) is 27.6. The lowest BCUT2D eigenvalue weighted by Crippen LogP contribution is -2.51. The van der Waals surface area contributed by atoms with Crippen LogP contribution in [0.3, 0.4) is 0 Å². The minimum absolute atomic E-state index is 0.128. The molecule has 2 aliphatic rings. The van der Waals surface area contributed by atoms with Gasteiger partial charge in [-0.3, -0.25) is 14.5 Å². The molecule has 0 radical (unpaired) electrons. The number of carbonyl (C=O) groups excluding carboxylic acids is 3. The lowest BCUT2D eigenvalue weighted by molar-refractivity contribution is -0.138. The summed E-state index contributed by atoms with van der Waals surface area (Å²) in [6, 6.07) is 13.8. The summed E-state index contributed by atoms with van der Waals surface area (Å²) in [5.74, 6) is 7.80. The highest BCUT2D eigenvalue weighted by Crippen LogP contribution is 2.38. The zero-order chi connectivity index (χ0) is 41.6. The molecular weight excluding hydrogens is 737 g/mol. The molecule has 2 saturated heterocycles. The number of ether oxygens (including phenoxy) is 1. The van der Waals surface area contributed by atoms with Gasteiger partial charge in [-0.05, 0) is 78.3 Å². The fourth-order valence-electron chi connectivity index (χ4n) is 8.63. The predicted octanol–water partition coefficient (Wildman–Crippen LogP) is 6.83. The lowest BCUT2D eigenvalue weighted by Gasteiger charge is -2.33. The number of imidazole rings is 2. The van der Waals surface area contributed by atoms with Crippen LogP contribution in [0.4, 0.5) is 9.59 Å². The number of carbonyl (C=O) groups is 4. The number of aromatic nitrogens is 4. The Kier molecular flexibility index (Phi) is 11.1. The number of carboxylic acid groups (broad SMARTS) is 1. The number of fused-ring (bicyclic) bond motifs is 4. The van der Waals surface area contributed by atoms with Gasteiger partial charge >= 0.3 is 12.2 Å². The van der Waals surface area contributed by atoms with Crippen molar-refractivity contribution in [3.05, 3.63) is 71.3 Å². The van der Waals surface area contributed by atoms with Gasteiger partial charge in [0.05, 0.1) is 41.3 Å². The van der Waals surface area contributed by atoms with Crippen LogP contribution in [0.15, 0.2) is 48.5 Å². The number of likely N-dealkylation sites (N-methyl/N-ethyl adjacent to an activating group) is 1. The third-order valence-corrected chi connectivity index (χ3v) is 11.6. The van der Waals surface area contributed by atoms with Gasteiger partial charge in [-0.25, -0.2) is 19.6 Å². The smallest absolute Gasteiger partial charge is 0.407 e. The summed E-state index contributed by atoms with van der Waals surface area (Å²) in [6.07, 6.45) is -0.293. The molecule has 3 aromatic carbocycles. The third-order valence-electron chi connectivity index (χ3n) is 11.6. The minimum Gasteiger partial charge on any atom is -0.465 e. The van der Waals surface area contributed by atoms with E-state index >= 15 is 0 Å². The molecule has 14 heteroatoms. The van der Waals surface area contributed by atoms with E-state index in [1.807, 2.05) is 81.1 Å². The van der Waals surface area contributed by atoms with E-state index in [0.717, 1.165) is 61.7 Å². The Hall–Kier alpha value is -6.10. The third kappa shape index (κ3) is 7.77. The second-order valence-corrected chi connectivity index (χ2v) is 16.8. The number of rotatable bonds is 8. The molecule has 0 saturated carbocycles. The van der Waals surface area contributed by atoms with Crippen LogP contribution in [0.25, 0.3) is 32.8 Å². The highest BCUT2D eigenvalue weighted by molar-refractivity contribution is 6.04. The van der Waals surface area contributed by atoms with Gasteiger partial charge in [0.2, 0.25) is 11.8 Å². The van der Waals surface area contributed by atoms with Crippen LogP contribution >= 0.6 is 0 Å². The second kappa shape index (κ2) is 16.0. The van der Waals surface area contributed by atoms with Gasteiger partial charge in [0, 0.05) is 36.7 Å². The average molecular weight is 789 g/mol. The minimum atomic E-state index is -1.13. The summed E-state index contributed by atoms with van der Waals surface area (Å²) in [5, 5.41) is 14.4. The van der Waals surface area contributed by atoms with Crippen molar-refractivity contribution in [3.63, 3.8) is 0 Å². The number of benzene rings is 3. The van der Waals surface area contributed by atoms with E-state index in [1.54, 1.807) is 4.90 Å². The highest BCUT2D eigenvalue weighted by atomic mass is 16.5. The predicted molar refractivity (Wildman–Crippen MR) is 221 cm³/mol. The molecule has 4 heterocycles. The number of H-pyrrole nitrogens is 2. The normalized spacial score (nSPS) is 20.4. The molecule has 2 fully saturated rings. The van der Waals surface area contributed by atoms with E-state index in [-0.39, 0.29) is 47.6 Å². The van der Waals surface area contributed by atoms with E-state index < -0.39 is 24.3 Å². The van der Waals surface area contributed by atoms with E-state index in [4.69, 9.17) is 14.7 Å². The quantitative estimate of drug-likeness (QED) is 0.124. The Labute approximate surface area is 337 Å². The van der Waals surface area contributed by atoms with Gasteiger partial charge < -0.3 is 34.9 Å². The lowest BCUT2D eigenvalue weighted by atomic mass is 10.0. The molecule has 304 valence electrons.